The summed E-state index contributed by atoms with van der Waals surface area (Å²) in [7, 11) is 0. The zero-order valence-corrected chi connectivity index (χ0v) is 68.6. The molecule has 0 fully saturated rings. The van der Waals surface area contributed by atoms with Crippen LogP contribution in [0, 0.1) is 23.3 Å². The Morgan fingerprint density at radius 2 is 0.570 bits per heavy atom. The van der Waals surface area contributed by atoms with E-state index in [-0.39, 0.29) is 47.4 Å². The van der Waals surface area contributed by atoms with E-state index in [2.05, 4.69) is 117 Å². The lowest BCUT2D eigenvalue weighted by Gasteiger charge is -2.20. The van der Waals surface area contributed by atoms with Gasteiger partial charge in [-0.05, 0) is 146 Å². The average Bonchev–Trinajstić information content (AvgIpc) is 0.975. The molecular formula is C88H65BrCl4F4N24. The molecular weight excluding hydrogens is 1690 g/mol. The Morgan fingerprint density at radius 1 is 0.314 bits per heavy atom. The number of H-pyrrole nitrogens is 4. The van der Waals surface area contributed by atoms with E-state index in [1.807, 2.05) is 143 Å². The number of hydrogen-bond acceptors (Lipinski definition) is 20. The molecule has 0 spiro atoms. The van der Waals surface area contributed by atoms with Gasteiger partial charge >= 0.3 is 0 Å². The van der Waals surface area contributed by atoms with Crippen molar-refractivity contribution >= 4 is 168 Å². The largest absolute Gasteiger partial charge is 0.362 e. The first-order chi connectivity index (χ1) is 58.7. The van der Waals surface area contributed by atoms with Crippen LogP contribution in [0.15, 0.2) is 249 Å². The van der Waals surface area contributed by atoms with Crippen molar-refractivity contribution in [3.8, 4) is 45.0 Å². The number of halogens is 9. The molecule has 9 N–H and O–H groups in total. The second-order valence-electron chi connectivity index (χ2n) is 27.6. The third kappa shape index (κ3) is 17.9. The fraction of sp³-hybridized carbons (Fsp3) is 0.0909. The lowest BCUT2D eigenvalue weighted by Crippen LogP contribution is -2.11. The van der Waals surface area contributed by atoms with Gasteiger partial charge in [0.25, 0.3) is 0 Å². The standard InChI is InChI=1S/3C22H16ClFN6.C17H14ClFN2.C5H3BrN4/c3*1-12(29-22-20-21(26-10-25-20)27-11-28-22)16-8-13-6-7-14(24)9-18(13)30-19(16)15-4-2-3-5-17(15)23;1-10(20)14-8-11-6-7-12(19)9-16(11)21-17(14)13-4-2-3-5-15(13)18;6-4-3-5(9-1-7-3)10-2-8-4/h3*2-12H,1H3,(H2,25,26,27,28,29);2-10H,20H2,1H3;1-2H,(H,7,8,9,10)/t12-;;;;/m0..../s1. The minimum absolute atomic E-state index is 0.181. The Kier molecular flexibility index (Phi) is 24.0. The number of pyridine rings is 4. The van der Waals surface area contributed by atoms with Crippen LogP contribution >= 0.6 is 62.3 Å². The molecule has 8 aromatic carbocycles. The molecule has 0 radical (unpaired) electrons. The van der Waals surface area contributed by atoms with Gasteiger partial charge in [-0.25, -0.2) is 97.3 Å². The van der Waals surface area contributed by atoms with Crippen LogP contribution < -0.4 is 21.7 Å². The monoisotopic (exact) mass is 1750 g/mol. The first-order valence-electron chi connectivity index (χ1n) is 37.4. The van der Waals surface area contributed by atoms with Crippen molar-refractivity contribution in [2.75, 3.05) is 16.0 Å². The van der Waals surface area contributed by atoms with Gasteiger partial charge in [0.2, 0.25) is 0 Å². The third-order valence-electron chi connectivity index (χ3n) is 19.5. The number of benzene rings is 8. The van der Waals surface area contributed by atoms with Crippen LogP contribution in [0.4, 0.5) is 35.0 Å². The fourth-order valence-electron chi connectivity index (χ4n) is 13.6. The minimum atomic E-state index is -0.332. The second kappa shape index (κ2) is 35.9. The molecule has 33 heteroatoms. The summed E-state index contributed by atoms with van der Waals surface area (Å²) in [5.74, 6) is 0.594. The highest BCUT2D eigenvalue weighted by molar-refractivity contribution is 9.10. The molecule has 0 bridgehead atoms. The number of nitrogens with two attached hydrogens (primary N) is 1. The van der Waals surface area contributed by atoms with E-state index in [0.717, 1.165) is 92.7 Å². The van der Waals surface area contributed by atoms with Crippen molar-refractivity contribution in [3.05, 3.63) is 315 Å². The first-order valence-corrected chi connectivity index (χ1v) is 39.7. The topological polar surface area (TPSA) is 332 Å². The van der Waals surface area contributed by atoms with Crippen LogP contribution in [0.5, 0.6) is 0 Å². The van der Waals surface area contributed by atoms with Gasteiger partial charge in [-0.1, -0.05) is 119 Å². The van der Waals surface area contributed by atoms with E-state index in [1.54, 1.807) is 55.6 Å². The molecule has 20 rings (SSSR count). The number of rotatable bonds is 14. The molecule has 12 heterocycles. The zero-order valence-electron chi connectivity index (χ0n) is 64.0. The number of imidazole rings is 4. The van der Waals surface area contributed by atoms with Crippen LogP contribution in [0.1, 0.15) is 74.1 Å². The molecule has 3 unspecified atom stereocenters. The summed E-state index contributed by atoms with van der Waals surface area (Å²) in [6.45, 7) is 7.93. The SMILES string of the molecule is Brc1ncnc2nc[nH]c12.CC(N)c1cc2ccc(F)cc2nc1-c1ccccc1Cl.CC(Nc1ncnc2nc[nH]c12)c1cc2ccc(F)cc2nc1-c1ccccc1Cl.CC(Nc1ncnc2nc[nH]c12)c1cc2ccc(F)cc2nc1-c1ccccc1Cl.C[C@H](Nc1ncnc2nc[nH]c12)c1cc2ccc(F)cc2nc1-c1ccccc1Cl. The maximum Gasteiger partial charge on any atom is 0.182 e. The molecule has 24 nitrogen and oxygen atoms in total. The van der Waals surface area contributed by atoms with Gasteiger partial charge in [-0.3, -0.25) is 0 Å². The van der Waals surface area contributed by atoms with E-state index in [0.29, 0.717) is 105 Å². The molecule has 0 saturated heterocycles. The normalized spacial score (nSPS) is 12.2. The van der Waals surface area contributed by atoms with Crippen molar-refractivity contribution in [1.82, 2.24) is 99.7 Å². The molecule has 0 aliphatic carbocycles. The maximum atomic E-state index is 13.8. The van der Waals surface area contributed by atoms with Crippen molar-refractivity contribution < 1.29 is 17.6 Å². The van der Waals surface area contributed by atoms with Crippen molar-refractivity contribution in [2.24, 2.45) is 5.73 Å². The van der Waals surface area contributed by atoms with E-state index >= 15 is 0 Å². The predicted octanol–water partition coefficient (Wildman–Crippen LogP) is 22.4. The van der Waals surface area contributed by atoms with E-state index < -0.39 is 0 Å². The molecule has 20 aromatic rings. The van der Waals surface area contributed by atoms with Gasteiger partial charge in [0, 0.05) is 111 Å². The minimum Gasteiger partial charge on any atom is -0.362 e. The molecule has 4 atom stereocenters. The van der Waals surface area contributed by atoms with Crippen LogP contribution in [-0.2, 0) is 0 Å². The molecule has 121 heavy (non-hydrogen) atoms. The lowest BCUT2D eigenvalue weighted by molar-refractivity contribution is 0.629. The van der Waals surface area contributed by atoms with Gasteiger partial charge in [-0.15, -0.1) is 0 Å². The number of anilines is 3. The summed E-state index contributed by atoms with van der Waals surface area (Å²) in [5.41, 5.74) is 23.3. The fourth-order valence-corrected chi connectivity index (χ4v) is 14.9. The number of aromatic amines is 4. The van der Waals surface area contributed by atoms with Crippen molar-refractivity contribution in [3.63, 3.8) is 0 Å². The summed E-state index contributed by atoms with van der Waals surface area (Å²) >= 11 is 28.9. The molecule has 0 aliphatic rings. The van der Waals surface area contributed by atoms with Gasteiger partial charge in [0.15, 0.2) is 40.0 Å². The Hall–Kier alpha value is -13.7. The molecule has 0 saturated carbocycles. The van der Waals surface area contributed by atoms with E-state index in [1.165, 1.54) is 73.8 Å². The first kappa shape index (κ1) is 81.1. The Bertz CT molecular complexity index is 6710. The highest BCUT2D eigenvalue weighted by Gasteiger charge is 2.25. The highest BCUT2D eigenvalue weighted by atomic mass is 79.9. The van der Waals surface area contributed by atoms with E-state index in [9.17, 15) is 17.6 Å². The predicted molar refractivity (Wildman–Crippen MR) is 472 cm³/mol. The summed E-state index contributed by atoms with van der Waals surface area (Å²) in [6.07, 6.45) is 12.2. The van der Waals surface area contributed by atoms with Crippen LogP contribution in [0.2, 0.25) is 20.1 Å². The number of nitrogens with one attached hydrogen (secondary N) is 7. The summed E-state index contributed by atoms with van der Waals surface area (Å²) in [5, 5.41) is 15.9. The van der Waals surface area contributed by atoms with Gasteiger partial charge in [-0.2, -0.15) is 0 Å². The smallest absolute Gasteiger partial charge is 0.182 e. The number of nitrogens with zero attached hydrogens (tertiary/aromatic N) is 16. The summed E-state index contributed by atoms with van der Waals surface area (Å²) in [4.78, 5) is 80.7. The van der Waals surface area contributed by atoms with E-state index in [4.69, 9.17) is 67.1 Å². The third-order valence-corrected chi connectivity index (χ3v) is 21.5. The second-order valence-corrected chi connectivity index (χ2v) is 30.0. The number of aromatic nitrogens is 20. The van der Waals surface area contributed by atoms with Crippen LogP contribution in [-0.4, -0.2) is 99.7 Å². The lowest BCUT2D eigenvalue weighted by atomic mass is 9.98. The zero-order chi connectivity index (χ0) is 84.0. The quantitative estimate of drug-likeness (QED) is 0.0370. The van der Waals surface area contributed by atoms with Crippen molar-refractivity contribution in [1.29, 1.82) is 0 Å². The average molecular weight is 1760 g/mol. The molecule has 0 aliphatic heterocycles. The van der Waals surface area contributed by atoms with Gasteiger partial charge in [0.05, 0.1) is 88.3 Å². The summed E-state index contributed by atoms with van der Waals surface area (Å²) < 4.78 is 55.6. The van der Waals surface area contributed by atoms with Crippen LogP contribution in [0.25, 0.3) is 133 Å². The Balaban J connectivity index is 0.000000116. The van der Waals surface area contributed by atoms with Gasteiger partial charge in [0.1, 0.15) is 75.2 Å². The Morgan fingerprint density at radius 3 is 0.851 bits per heavy atom. The van der Waals surface area contributed by atoms with Crippen molar-refractivity contribution in [2.45, 2.75) is 51.9 Å². The van der Waals surface area contributed by atoms with Crippen LogP contribution in [0.3, 0.4) is 0 Å². The molecule has 12 aromatic heterocycles. The molecule has 0 amide bonds. The number of hydrogen-bond donors (Lipinski definition) is 8. The summed E-state index contributed by atoms with van der Waals surface area (Å²) in [6, 6.07) is 55.4. The number of fused-ring (bicyclic) bond motifs is 8. The highest BCUT2D eigenvalue weighted by Crippen LogP contribution is 2.41. The molecule has 600 valence electrons. The maximum absolute atomic E-state index is 13.8. The van der Waals surface area contributed by atoms with Gasteiger partial charge < -0.3 is 41.6 Å². The Labute approximate surface area is 714 Å².